The zero-order chi connectivity index (χ0) is 15.1. The van der Waals surface area contributed by atoms with Gasteiger partial charge in [-0.25, -0.2) is 0 Å². The van der Waals surface area contributed by atoms with Gasteiger partial charge in [-0.05, 0) is 24.1 Å². The summed E-state index contributed by atoms with van der Waals surface area (Å²) in [6.45, 7) is 2.49. The summed E-state index contributed by atoms with van der Waals surface area (Å²) in [6.07, 6.45) is 1.58. The zero-order valence-corrected chi connectivity index (χ0v) is 13.6. The van der Waals surface area contributed by atoms with E-state index in [0.717, 1.165) is 12.0 Å². The molecule has 0 aliphatic carbocycles. The smallest absolute Gasteiger partial charge is 0.251 e. The second-order valence-corrected chi connectivity index (χ2v) is 4.87. The topological polar surface area (TPSA) is 75.4 Å². The van der Waals surface area contributed by atoms with Crippen molar-refractivity contribution in [3.63, 3.8) is 0 Å². The van der Waals surface area contributed by atoms with E-state index >= 15 is 0 Å². The minimum absolute atomic E-state index is 0. The molecule has 118 valence electrons. The van der Waals surface area contributed by atoms with Gasteiger partial charge in [0.1, 0.15) is 0 Å². The molecule has 0 heterocycles. The predicted molar refractivity (Wildman–Crippen MR) is 86.4 cm³/mol. The molecule has 0 fully saturated rings. The summed E-state index contributed by atoms with van der Waals surface area (Å²) in [4.78, 5) is 25.0. The maximum Gasteiger partial charge on any atom is 0.251 e. The highest BCUT2D eigenvalue weighted by Crippen LogP contribution is 2.08. The molecule has 0 aromatic heterocycles. The lowest BCUT2D eigenvalue weighted by Crippen LogP contribution is -2.41. The van der Waals surface area contributed by atoms with Gasteiger partial charge < -0.3 is 16.0 Å². The number of benzene rings is 1. The minimum Gasteiger partial charge on any atom is -0.355 e. The van der Waals surface area contributed by atoms with Gasteiger partial charge in [-0.2, -0.15) is 0 Å². The largest absolute Gasteiger partial charge is 0.355 e. The number of likely N-dealkylation sites (N-methyl/N-ethyl adjacent to an activating group) is 1. The predicted octanol–water partition coefficient (Wildman–Crippen LogP) is 1.55. The molecular weight excluding hydrogens is 290 g/mol. The van der Waals surface area contributed by atoms with Crippen molar-refractivity contribution in [1.29, 1.82) is 0 Å². The highest BCUT2D eigenvalue weighted by molar-refractivity contribution is 5.93. The summed E-state index contributed by atoms with van der Waals surface area (Å²) in [5.41, 5.74) is 7.39. The van der Waals surface area contributed by atoms with Crippen LogP contribution in [-0.4, -0.2) is 36.9 Å². The first-order valence-electron chi connectivity index (χ1n) is 6.81. The van der Waals surface area contributed by atoms with Crippen LogP contribution < -0.4 is 11.1 Å². The number of rotatable bonds is 6. The molecule has 1 aromatic rings. The van der Waals surface area contributed by atoms with Crippen LogP contribution in [0.5, 0.6) is 0 Å². The van der Waals surface area contributed by atoms with Gasteiger partial charge in [-0.3, -0.25) is 9.59 Å². The Hall–Kier alpha value is -1.59. The second kappa shape index (κ2) is 9.37. The lowest BCUT2D eigenvalue weighted by Gasteiger charge is -2.21. The molecule has 3 N–H and O–H groups in total. The van der Waals surface area contributed by atoms with Crippen LogP contribution in [0.25, 0.3) is 0 Å². The molecule has 0 saturated heterocycles. The fourth-order valence-electron chi connectivity index (χ4n) is 1.98. The van der Waals surface area contributed by atoms with E-state index in [1.54, 1.807) is 31.1 Å². The quantitative estimate of drug-likeness (QED) is 0.836. The third-order valence-corrected chi connectivity index (χ3v) is 3.16. The van der Waals surface area contributed by atoms with E-state index in [0.29, 0.717) is 18.5 Å². The van der Waals surface area contributed by atoms with E-state index in [1.807, 2.05) is 19.1 Å². The highest BCUT2D eigenvalue weighted by Gasteiger charge is 2.17. The number of amides is 2. The third kappa shape index (κ3) is 5.73. The van der Waals surface area contributed by atoms with Crippen LogP contribution in [0.2, 0.25) is 0 Å². The zero-order valence-electron chi connectivity index (χ0n) is 12.8. The van der Waals surface area contributed by atoms with E-state index in [-0.39, 0.29) is 24.2 Å². The van der Waals surface area contributed by atoms with Gasteiger partial charge in [-0.15, -0.1) is 12.4 Å². The van der Waals surface area contributed by atoms with Crippen LogP contribution in [0, 0.1) is 0 Å². The van der Waals surface area contributed by atoms with E-state index in [4.69, 9.17) is 5.73 Å². The summed E-state index contributed by atoms with van der Waals surface area (Å²) in [6, 6.07) is 6.76. The van der Waals surface area contributed by atoms with E-state index in [1.165, 1.54) is 0 Å². The van der Waals surface area contributed by atoms with Gasteiger partial charge in [-0.1, -0.05) is 25.5 Å². The van der Waals surface area contributed by atoms with E-state index in [2.05, 4.69) is 5.32 Å². The number of hydrogen-bond donors (Lipinski definition) is 2. The Morgan fingerprint density at radius 1 is 1.29 bits per heavy atom. The third-order valence-electron chi connectivity index (χ3n) is 3.16. The molecule has 0 aliphatic rings. The van der Waals surface area contributed by atoms with Crippen molar-refractivity contribution >= 4 is 24.2 Å². The first-order valence-corrected chi connectivity index (χ1v) is 6.81. The van der Waals surface area contributed by atoms with Gasteiger partial charge in [0.25, 0.3) is 5.91 Å². The van der Waals surface area contributed by atoms with Crippen molar-refractivity contribution in [1.82, 2.24) is 10.2 Å². The summed E-state index contributed by atoms with van der Waals surface area (Å²) in [5.74, 6) is -0.173. The maximum atomic E-state index is 12.0. The van der Waals surface area contributed by atoms with Gasteiger partial charge in [0.05, 0.1) is 6.04 Å². The normalized spacial score (nSPS) is 11.2. The monoisotopic (exact) mass is 313 g/mol. The van der Waals surface area contributed by atoms with Crippen molar-refractivity contribution < 1.29 is 9.59 Å². The maximum absolute atomic E-state index is 12.0. The molecule has 5 nitrogen and oxygen atoms in total. The molecule has 1 aromatic carbocycles. The molecule has 1 atom stereocenters. The van der Waals surface area contributed by atoms with Crippen LogP contribution in [0.15, 0.2) is 24.3 Å². The Morgan fingerprint density at radius 2 is 1.86 bits per heavy atom. The fourth-order valence-corrected chi connectivity index (χ4v) is 1.98. The van der Waals surface area contributed by atoms with Gasteiger partial charge >= 0.3 is 0 Å². The van der Waals surface area contributed by atoms with E-state index < -0.39 is 6.04 Å². The Morgan fingerprint density at radius 3 is 2.33 bits per heavy atom. The van der Waals surface area contributed by atoms with Crippen molar-refractivity contribution in [3.05, 3.63) is 35.4 Å². The molecule has 0 saturated carbocycles. The molecule has 0 radical (unpaired) electrons. The lowest BCUT2D eigenvalue weighted by atomic mass is 10.1. The fraction of sp³-hybridized carbons (Fsp3) is 0.467. The van der Waals surface area contributed by atoms with Crippen LogP contribution in [0.4, 0.5) is 0 Å². The second-order valence-electron chi connectivity index (χ2n) is 4.87. The summed E-state index contributed by atoms with van der Waals surface area (Å²) in [7, 11) is 3.34. The molecule has 6 heteroatoms. The minimum atomic E-state index is -0.435. The molecule has 1 rings (SSSR count). The molecule has 0 spiro atoms. The van der Waals surface area contributed by atoms with Crippen LogP contribution in [-0.2, 0) is 11.3 Å². The number of nitrogens with zero attached hydrogens (tertiary/aromatic N) is 1. The van der Waals surface area contributed by atoms with Crippen LogP contribution in [0.1, 0.15) is 35.7 Å². The SMILES string of the molecule is CCCC(N)C(=O)N(C)Cc1ccc(C(=O)NC)cc1.Cl. The molecule has 1 unspecified atom stereocenters. The van der Waals surface area contributed by atoms with Crippen LogP contribution in [0.3, 0.4) is 0 Å². The van der Waals surface area contributed by atoms with Crippen molar-refractivity contribution in [2.75, 3.05) is 14.1 Å². The molecule has 2 amide bonds. The highest BCUT2D eigenvalue weighted by atomic mass is 35.5. The molecular formula is C15H24ClN3O2. The Balaban J connectivity index is 0.00000400. The first kappa shape index (κ1) is 19.4. The number of hydrogen-bond acceptors (Lipinski definition) is 3. The number of nitrogens with two attached hydrogens (primary N) is 1. The van der Waals surface area contributed by atoms with Crippen molar-refractivity contribution in [2.24, 2.45) is 5.73 Å². The number of halogens is 1. The Labute approximate surface area is 132 Å². The first-order chi connectivity index (χ1) is 9.49. The Kier molecular flexibility index (Phi) is 8.66. The van der Waals surface area contributed by atoms with E-state index in [9.17, 15) is 9.59 Å². The van der Waals surface area contributed by atoms with Crippen molar-refractivity contribution in [3.8, 4) is 0 Å². The summed E-state index contributed by atoms with van der Waals surface area (Å²) in [5, 5.41) is 2.57. The average molecular weight is 314 g/mol. The Bertz CT molecular complexity index is 462. The van der Waals surface area contributed by atoms with Gasteiger partial charge in [0.2, 0.25) is 5.91 Å². The molecule has 21 heavy (non-hydrogen) atoms. The number of carbonyl (C=O) groups excluding carboxylic acids is 2. The van der Waals surface area contributed by atoms with Gasteiger partial charge in [0.15, 0.2) is 0 Å². The van der Waals surface area contributed by atoms with Crippen LogP contribution >= 0.6 is 12.4 Å². The molecule has 0 bridgehead atoms. The standard InChI is InChI=1S/C15H23N3O2.ClH/c1-4-5-13(16)15(20)18(3)10-11-6-8-12(9-7-11)14(19)17-2;/h6-9,13H,4-5,10,16H2,1-3H3,(H,17,19);1H. The van der Waals surface area contributed by atoms with Gasteiger partial charge in [0, 0.05) is 26.2 Å². The number of carbonyl (C=O) groups is 2. The lowest BCUT2D eigenvalue weighted by molar-refractivity contribution is -0.132. The number of nitrogens with one attached hydrogen (secondary N) is 1. The average Bonchev–Trinajstić information content (AvgIpc) is 2.46. The molecule has 0 aliphatic heterocycles. The summed E-state index contributed by atoms with van der Waals surface area (Å²) >= 11 is 0. The summed E-state index contributed by atoms with van der Waals surface area (Å²) < 4.78 is 0. The van der Waals surface area contributed by atoms with Crippen molar-refractivity contribution in [2.45, 2.75) is 32.4 Å².